The van der Waals surface area contributed by atoms with Crippen LogP contribution in [-0.2, 0) is 0 Å². The first kappa shape index (κ1) is 20.2. The number of hydrazone groups is 1. The topological polar surface area (TPSA) is 115 Å². The molecule has 0 aliphatic rings. The fourth-order valence-corrected chi connectivity index (χ4v) is 3.85. The number of fused-ring (bicyclic) bond motifs is 1. The predicted molar refractivity (Wildman–Crippen MR) is 118 cm³/mol. The number of nitro benzene ring substituents is 1. The Morgan fingerprint density at radius 2 is 1.87 bits per heavy atom. The third-order valence-corrected chi connectivity index (χ3v) is 5.61. The van der Waals surface area contributed by atoms with E-state index in [1.807, 2.05) is 0 Å². The van der Waals surface area contributed by atoms with Crippen LogP contribution in [0.1, 0.15) is 32.7 Å². The standard InChI is InChI=1S/C22H15N3O5S/c1-13(26)14-2-4-15(5-3-14)19-8-7-18(30-19)12-23-24-22(27)21-11-16-10-17(25(28)29)6-9-20(16)31-21/h2-12H,1H3,(H,24,27). The second kappa shape index (κ2) is 8.33. The van der Waals surface area contributed by atoms with E-state index in [2.05, 4.69) is 10.5 Å². The number of carbonyl (C=O) groups is 2. The van der Waals surface area contributed by atoms with Crippen LogP contribution in [0.5, 0.6) is 0 Å². The summed E-state index contributed by atoms with van der Waals surface area (Å²) >= 11 is 1.22. The molecular weight excluding hydrogens is 418 g/mol. The van der Waals surface area contributed by atoms with Crippen molar-refractivity contribution in [2.75, 3.05) is 0 Å². The fraction of sp³-hybridized carbons (Fsp3) is 0.0455. The molecule has 4 rings (SSSR count). The summed E-state index contributed by atoms with van der Waals surface area (Å²) < 4.78 is 6.46. The minimum atomic E-state index is -0.476. The quantitative estimate of drug-likeness (QED) is 0.198. The molecule has 1 amide bonds. The highest BCUT2D eigenvalue weighted by atomic mass is 32.1. The van der Waals surface area contributed by atoms with Gasteiger partial charge in [0.15, 0.2) is 5.78 Å². The van der Waals surface area contributed by atoms with Crippen LogP contribution >= 0.6 is 11.3 Å². The summed E-state index contributed by atoms with van der Waals surface area (Å²) in [5.74, 6) is 0.616. The van der Waals surface area contributed by atoms with Crippen molar-refractivity contribution in [3.8, 4) is 11.3 Å². The van der Waals surface area contributed by atoms with E-state index in [1.54, 1.807) is 48.5 Å². The number of nitrogens with one attached hydrogen (secondary N) is 1. The van der Waals surface area contributed by atoms with Gasteiger partial charge in [-0.1, -0.05) is 24.3 Å². The van der Waals surface area contributed by atoms with Gasteiger partial charge in [-0.25, -0.2) is 5.43 Å². The van der Waals surface area contributed by atoms with Gasteiger partial charge in [0.05, 0.1) is 16.0 Å². The minimum Gasteiger partial charge on any atom is -0.455 e. The van der Waals surface area contributed by atoms with Gasteiger partial charge in [-0.3, -0.25) is 19.7 Å². The third-order valence-electron chi connectivity index (χ3n) is 4.50. The Bertz CT molecular complexity index is 1330. The molecule has 31 heavy (non-hydrogen) atoms. The number of nitrogens with zero attached hydrogens (tertiary/aromatic N) is 2. The molecule has 154 valence electrons. The number of carbonyl (C=O) groups excluding carboxylic acids is 2. The molecule has 0 spiro atoms. The number of hydrogen-bond acceptors (Lipinski definition) is 7. The Hall–Kier alpha value is -4.11. The van der Waals surface area contributed by atoms with Crippen molar-refractivity contribution in [1.82, 2.24) is 5.43 Å². The van der Waals surface area contributed by atoms with E-state index in [9.17, 15) is 19.7 Å². The second-order valence-corrected chi connectivity index (χ2v) is 7.71. The summed E-state index contributed by atoms with van der Waals surface area (Å²) in [6.45, 7) is 1.51. The SMILES string of the molecule is CC(=O)c1ccc(-c2ccc(C=NNC(=O)c3cc4cc([N+](=O)[O-])ccc4s3)o2)cc1. The van der Waals surface area contributed by atoms with E-state index in [0.717, 1.165) is 10.3 Å². The molecule has 0 fully saturated rings. The van der Waals surface area contributed by atoms with Gasteiger partial charge in [-0.15, -0.1) is 11.3 Å². The molecule has 2 aromatic heterocycles. The van der Waals surface area contributed by atoms with Crippen molar-refractivity contribution in [2.24, 2.45) is 5.10 Å². The lowest BCUT2D eigenvalue weighted by Crippen LogP contribution is -2.15. The minimum absolute atomic E-state index is 0.00795. The summed E-state index contributed by atoms with van der Waals surface area (Å²) in [5, 5.41) is 15.4. The Morgan fingerprint density at radius 3 is 2.58 bits per heavy atom. The van der Waals surface area contributed by atoms with Crippen LogP contribution in [0.25, 0.3) is 21.4 Å². The number of non-ortho nitro benzene ring substituents is 1. The number of ketones is 1. The number of amides is 1. The van der Waals surface area contributed by atoms with Crippen molar-refractivity contribution in [3.05, 3.63) is 87.0 Å². The molecule has 2 aromatic carbocycles. The molecule has 0 aliphatic carbocycles. The van der Waals surface area contributed by atoms with Crippen LogP contribution in [0.4, 0.5) is 5.69 Å². The third kappa shape index (κ3) is 4.41. The highest BCUT2D eigenvalue weighted by molar-refractivity contribution is 7.20. The van der Waals surface area contributed by atoms with Crippen LogP contribution in [0.15, 0.2) is 70.2 Å². The molecule has 1 N–H and O–H groups in total. The second-order valence-electron chi connectivity index (χ2n) is 6.62. The Balaban J connectivity index is 1.43. The van der Waals surface area contributed by atoms with Gasteiger partial charge < -0.3 is 4.42 Å². The Kier molecular flexibility index (Phi) is 5.42. The van der Waals surface area contributed by atoms with E-state index in [0.29, 0.717) is 27.3 Å². The van der Waals surface area contributed by atoms with E-state index in [-0.39, 0.29) is 11.5 Å². The van der Waals surface area contributed by atoms with Gasteiger partial charge in [0.2, 0.25) is 0 Å². The maximum absolute atomic E-state index is 12.3. The van der Waals surface area contributed by atoms with Crippen LogP contribution in [-0.4, -0.2) is 22.8 Å². The summed E-state index contributed by atoms with van der Waals surface area (Å²) in [6.07, 6.45) is 1.38. The molecule has 0 saturated carbocycles. The van der Waals surface area contributed by atoms with E-state index >= 15 is 0 Å². The van der Waals surface area contributed by atoms with Crippen molar-refractivity contribution in [2.45, 2.75) is 6.92 Å². The molecule has 4 aromatic rings. The molecule has 8 nitrogen and oxygen atoms in total. The highest BCUT2D eigenvalue weighted by Gasteiger charge is 2.13. The van der Waals surface area contributed by atoms with Crippen LogP contribution in [0, 0.1) is 10.1 Å². The van der Waals surface area contributed by atoms with Crippen LogP contribution in [0.2, 0.25) is 0 Å². The number of hydrogen-bond donors (Lipinski definition) is 1. The maximum Gasteiger partial charge on any atom is 0.281 e. The molecule has 0 unspecified atom stereocenters. The lowest BCUT2D eigenvalue weighted by atomic mass is 10.1. The average Bonchev–Trinajstić information content (AvgIpc) is 3.40. The van der Waals surface area contributed by atoms with Crippen molar-refractivity contribution >= 4 is 45.0 Å². The predicted octanol–water partition coefficient (Wildman–Crippen LogP) is 5.04. The molecule has 0 radical (unpaired) electrons. The normalized spacial score (nSPS) is 11.1. The molecule has 9 heteroatoms. The number of nitro groups is 1. The van der Waals surface area contributed by atoms with Crippen LogP contribution in [0.3, 0.4) is 0 Å². The molecular formula is C22H15N3O5S. The van der Waals surface area contributed by atoms with Gasteiger partial charge >= 0.3 is 0 Å². The zero-order valence-corrected chi connectivity index (χ0v) is 17.0. The number of Topliss-reactive ketones (excluding diaryl/α,β-unsaturated/α-hetero) is 1. The Labute approximate surface area is 180 Å². The first-order chi connectivity index (χ1) is 14.9. The highest BCUT2D eigenvalue weighted by Crippen LogP contribution is 2.29. The smallest absolute Gasteiger partial charge is 0.281 e. The van der Waals surface area contributed by atoms with E-state index < -0.39 is 10.8 Å². The zero-order chi connectivity index (χ0) is 22.0. The molecule has 2 heterocycles. The summed E-state index contributed by atoms with van der Waals surface area (Å²) in [5.41, 5.74) is 3.83. The van der Waals surface area contributed by atoms with Crippen molar-refractivity contribution < 1.29 is 18.9 Å². The molecule has 0 saturated heterocycles. The number of rotatable bonds is 6. The van der Waals surface area contributed by atoms with E-state index in [1.165, 1.54) is 36.6 Å². The lowest BCUT2D eigenvalue weighted by Gasteiger charge is -1.99. The average molecular weight is 433 g/mol. The van der Waals surface area contributed by atoms with Gasteiger partial charge in [0.1, 0.15) is 11.5 Å². The van der Waals surface area contributed by atoms with Gasteiger partial charge in [-0.05, 0) is 31.2 Å². The van der Waals surface area contributed by atoms with Gasteiger partial charge in [-0.2, -0.15) is 5.10 Å². The largest absolute Gasteiger partial charge is 0.455 e. The number of furan rings is 1. The molecule has 0 aliphatic heterocycles. The van der Waals surface area contributed by atoms with Crippen LogP contribution < -0.4 is 5.43 Å². The molecule has 0 atom stereocenters. The maximum atomic E-state index is 12.3. The van der Waals surface area contributed by atoms with Gasteiger partial charge in [0, 0.05) is 33.3 Å². The first-order valence-electron chi connectivity index (χ1n) is 9.13. The summed E-state index contributed by atoms with van der Waals surface area (Å²) in [7, 11) is 0. The Morgan fingerprint density at radius 1 is 1.10 bits per heavy atom. The lowest BCUT2D eigenvalue weighted by molar-refractivity contribution is -0.384. The number of thiophene rings is 1. The monoisotopic (exact) mass is 433 g/mol. The summed E-state index contributed by atoms with van der Waals surface area (Å²) in [4.78, 5) is 34.5. The number of benzene rings is 2. The fourth-order valence-electron chi connectivity index (χ4n) is 2.91. The first-order valence-corrected chi connectivity index (χ1v) is 9.95. The van der Waals surface area contributed by atoms with E-state index in [4.69, 9.17) is 4.42 Å². The van der Waals surface area contributed by atoms with Gasteiger partial charge in [0.25, 0.3) is 11.6 Å². The summed E-state index contributed by atoms with van der Waals surface area (Å²) in [6, 6.07) is 16.6. The zero-order valence-electron chi connectivity index (χ0n) is 16.2. The van der Waals surface area contributed by atoms with Crippen molar-refractivity contribution in [1.29, 1.82) is 0 Å². The molecule has 0 bridgehead atoms. The van der Waals surface area contributed by atoms with Crippen molar-refractivity contribution in [3.63, 3.8) is 0 Å².